The number of amides is 3. The van der Waals surface area contributed by atoms with E-state index in [1.807, 2.05) is 0 Å². The summed E-state index contributed by atoms with van der Waals surface area (Å²) in [6.07, 6.45) is 1.05. The Hall–Kier alpha value is -2.65. The summed E-state index contributed by atoms with van der Waals surface area (Å²) in [4.78, 5) is 36.9. The van der Waals surface area contributed by atoms with Crippen LogP contribution in [-0.2, 0) is 21.2 Å². The van der Waals surface area contributed by atoms with Crippen molar-refractivity contribution in [2.45, 2.75) is 11.4 Å². The number of sulfone groups is 1. The lowest BCUT2D eigenvalue weighted by molar-refractivity contribution is -0.125. The lowest BCUT2D eigenvalue weighted by Crippen LogP contribution is -2.27. The zero-order valence-corrected chi connectivity index (χ0v) is 16.0. The Labute approximate surface area is 160 Å². The molecule has 0 aliphatic carbocycles. The summed E-state index contributed by atoms with van der Waals surface area (Å²) in [5, 5.41) is 2.39. The molecule has 0 spiro atoms. The monoisotopic (exact) mass is 404 g/mol. The zero-order chi connectivity index (χ0) is 19.6. The molecule has 0 bridgehead atoms. The van der Waals surface area contributed by atoms with Crippen molar-refractivity contribution in [1.82, 2.24) is 4.90 Å². The number of carbonyl (C=O) groups excluding carboxylic acids is 3. The zero-order valence-electron chi connectivity index (χ0n) is 14.3. The molecule has 1 aliphatic heterocycles. The molecule has 0 aromatic heterocycles. The number of hydrogen-bond donors (Lipinski definition) is 1. The number of carbonyl (C=O) groups is 3. The van der Waals surface area contributed by atoms with Gasteiger partial charge in [-0.15, -0.1) is 0 Å². The van der Waals surface area contributed by atoms with Crippen LogP contribution >= 0.6 is 11.8 Å². The van der Waals surface area contributed by atoms with Crippen LogP contribution in [0.1, 0.15) is 15.9 Å². The van der Waals surface area contributed by atoms with Gasteiger partial charge in [0.1, 0.15) is 0 Å². The second-order valence-electron chi connectivity index (χ2n) is 5.95. The van der Waals surface area contributed by atoms with E-state index in [2.05, 4.69) is 5.32 Å². The molecule has 2 aromatic rings. The van der Waals surface area contributed by atoms with Crippen LogP contribution in [0.4, 0.5) is 10.5 Å². The topological polar surface area (TPSA) is 101 Å². The van der Waals surface area contributed by atoms with Crippen molar-refractivity contribution >= 4 is 44.3 Å². The average Bonchev–Trinajstić information content (AvgIpc) is 2.94. The molecule has 2 aromatic carbocycles. The third-order valence-electron chi connectivity index (χ3n) is 3.92. The van der Waals surface area contributed by atoms with E-state index in [0.29, 0.717) is 5.69 Å². The first-order chi connectivity index (χ1) is 12.8. The van der Waals surface area contributed by atoms with Gasteiger partial charge in [-0.25, -0.2) is 8.42 Å². The standard InChI is InChI=1S/C18H16N2O5S2/c1-27(24,25)15-5-3-2-4-14(15)17(22)19-13-8-6-12(7-9-13)10-20-16(21)11-26-18(20)23/h2-9H,10-11H2,1H3,(H,19,22). The number of imide groups is 1. The van der Waals surface area contributed by atoms with Crippen LogP contribution in [0.5, 0.6) is 0 Å². The van der Waals surface area contributed by atoms with Crippen LogP contribution in [-0.4, -0.2) is 42.4 Å². The van der Waals surface area contributed by atoms with Gasteiger partial charge in [-0.05, 0) is 29.8 Å². The van der Waals surface area contributed by atoms with Crippen molar-refractivity contribution < 1.29 is 22.8 Å². The molecule has 1 aliphatic rings. The molecule has 1 N–H and O–H groups in total. The van der Waals surface area contributed by atoms with E-state index in [4.69, 9.17) is 0 Å². The first-order valence-electron chi connectivity index (χ1n) is 7.92. The minimum absolute atomic E-state index is 0.0392. The van der Waals surface area contributed by atoms with Crippen LogP contribution in [0.2, 0.25) is 0 Å². The van der Waals surface area contributed by atoms with Gasteiger partial charge >= 0.3 is 0 Å². The number of thioether (sulfide) groups is 1. The molecule has 0 radical (unpaired) electrons. The fourth-order valence-corrected chi connectivity index (χ4v) is 4.20. The van der Waals surface area contributed by atoms with Gasteiger partial charge in [0.05, 0.1) is 22.8 Å². The number of benzene rings is 2. The Balaban J connectivity index is 1.73. The molecular formula is C18H16N2O5S2. The van der Waals surface area contributed by atoms with Crippen LogP contribution in [0, 0.1) is 0 Å². The first kappa shape index (κ1) is 19.1. The number of nitrogens with one attached hydrogen (secondary N) is 1. The van der Waals surface area contributed by atoms with Gasteiger partial charge < -0.3 is 5.32 Å². The highest BCUT2D eigenvalue weighted by Gasteiger charge is 2.29. The van der Waals surface area contributed by atoms with Gasteiger partial charge in [-0.2, -0.15) is 0 Å². The van der Waals surface area contributed by atoms with E-state index in [1.165, 1.54) is 17.0 Å². The molecule has 140 valence electrons. The number of rotatable bonds is 5. The highest BCUT2D eigenvalue weighted by atomic mass is 32.2. The van der Waals surface area contributed by atoms with Crippen molar-refractivity contribution in [2.75, 3.05) is 17.3 Å². The smallest absolute Gasteiger partial charge is 0.289 e. The van der Waals surface area contributed by atoms with Gasteiger partial charge in [0.25, 0.3) is 11.1 Å². The van der Waals surface area contributed by atoms with Crippen molar-refractivity contribution in [3.63, 3.8) is 0 Å². The molecule has 1 heterocycles. The summed E-state index contributed by atoms with van der Waals surface area (Å²) in [5.74, 6) is -0.600. The van der Waals surface area contributed by atoms with Crippen molar-refractivity contribution in [2.24, 2.45) is 0 Å². The Morgan fingerprint density at radius 1 is 1.11 bits per heavy atom. The van der Waals surface area contributed by atoms with Gasteiger partial charge in [-0.3, -0.25) is 19.3 Å². The summed E-state index contributed by atoms with van der Waals surface area (Å²) < 4.78 is 23.7. The largest absolute Gasteiger partial charge is 0.322 e. The molecule has 0 atom stereocenters. The normalized spacial score (nSPS) is 14.5. The molecular weight excluding hydrogens is 388 g/mol. The molecule has 7 nitrogen and oxygen atoms in total. The van der Waals surface area contributed by atoms with Gasteiger partial charge in [0.15, 0.2) is 9.84 Å². The highest BCUT2D eigenvalue weighted by molar-refractivity contribution is 8.14. The molecule has 3 amide bonds. The predicted molar refractivity (Wildman–Crippen MR) is 102 cm³/mol. The molecule has 9 heteroatoms. The molecule has 0 saturated carbocycles. The van der Waals surface area contributed by atoms with E-state index in [9.17, 15) is 22.8 Å². The van der Waals surface area contributed by atoms with Crippen molar-refractivity contribution in [1.29, 1.82) is 0 Å². The minimum Gasteiger partial charge on any atom is -0.322 e. The van der Waals surface area contributed by atoms with E-state index in [1.54, 1.807) is 36.4 Å². The fourth-order valence-electron chi connectivity index (χ4n) is 2.59. The second kappa shape index (κ2) is 7.53. The van der Waals surface area contributed by atoms with E-state index in [0.717, 1.165) is 23.6 Å². The SMILES string of the molecule is CS(=O)(=O)c1ccccc1C(=O)Nc1ccc(CN2C(=O)CSC2=O)cc1. The maximum absolute atomic E-state index is 12.5. The third-order valence-corrected chi connectivity index (χ3v) is 5.94. The average molecular weight is 404 g/mol. The minimum atomic E-state index is -3.53. The maximum Gasteiger partial charge on any atom is 0.289 e. The predicted octanol–water partition coefficient (Wildman–Crippen LogP) is 2.54. The maximum atomic E-state index is 12.5. The van der Waals surface area contributed by atoms with Gasteiger partial charge in [0, 0.05) is 11.9 Å². The Kier molecular flexibility index (Phi) is 5.33. The van der Waals surface area contributed by atoms with Crippen LogP contribution in [0.25, 0.3) is 0 Å². The summed E-state index contributed by atoms with van der Waals surface area (Å²) in [5.41, 5.74) is 1.28. The molecule has 27 heavy (non-hydrogen) atoms. The Bertz CT molecular complexity index is 1000. The molecule has 0 unspecified atom stereocenters. The van der Waals surface area contributed by atoms with Gasteiger partial charge in [-0.1, -0.05) is 36.0 Å². The number of anilines is 1. The second-order valence-corrected chi connectivity index (χ2v) is 8.86. The van der Waals surface area contributed by atoms with E-state index < -0.39 is 15.7 Å². The lowest BCUT2D eigenvalue weighted by atomic mass is 10.1. The number of nitrogens with zero attached hydrogens (tertiary/aromatic N) is 1. The summed E-state index contributed by atoms with van der Waals surface area (Å²) >= 11 is 0.977. The lowest BCUT2D eigenvalue weighted by Gasteiger charge is -2.13. The summed E-state index contributed by atoms with van der Waals surface area (Å²) in [6.45, 7) is 0.176. The number of hydrogen-bond acceptors (Lipinski definition) is 6. The molecule has 1 fully saturated rings. The quantitative estimate of drug-likeness (QED) is 0.822. The van der Waals surface area contributed by atoms with Crippen molar-refractivity contribution in [3.05, 3.63) is 59.7 Å². The summed E-state index contributed by atoms with van der Waals surface area (Å²) in [6, 6.07) is 12.6. The van der Waals surface area contributed by atoms with Crippen LogP contribution in [0.3, 0.4) is 0 Å². The van der Waals surface area contributed by atoms with Crippen LogP contribution in [0.15, 0.2) is 53.4 Å². The van der Waals surface area contributed by atoms with E-state index in [-0.39, 0.29) is 33.9 Å². The Morgan fingerprint density at radius 2 is 1.78 bits per heavy atom. The molecule has 1 saturated heterocycles. The molecule has 3 rings (SSSR count). The third kappa shape index (κ3) is 4.37. The van der Waals surface area contributed by atoms with Crippen molar-refractivity contribution in [3.8, 4) is 0 Å². The summed E-state index contributed by atoms with van der Waals surface area (Å²) in [7, 11) is -3.53. The van der Waals surface area contributed by atoms with Gasteiger partial charge in [0.2, 0.25) is 5.91 Å². The fraction of sp³-hybridized carbons (Fsp3) is 0.167. The highest BCUT2D eigenvalue weighted by Crippen LogP contribution is 2.22. The van der Waals surface area contributed by atoms with Crippen LogP contribution < -0.4 is 5.32 Å². The van der Waals surface area contributed by atoms with E-state index >= 15 is 0 Å². The first-order valence-corrected chi connectivity index (χ1v) is 10.8. The Morgan fingerprint density at radius 3 is 2.37 bits per heavy atom.